The fraction of sp³-hybridized carbons (Fsp3) is 0.462. The highest BCUT2D eigenvalue weighted by atomic mass is 19.1. The van der Waals surface area contributed by atoms with Gasteiger partial charge in [-0.25, -0.2) is 4.39 Å². The van der Waals surface area contributed by atoms with Gasteiger partial charge in [0.1, 0.15) is 5.82 Å². The minimum absolute atomic E-state index is 0.0286. The third kappa shape index (κ3) is 4.95. The summed E-state index contributed by atoms with van der Waals surface area (Å²) < 4.78 is 12.7. The SMILES string of the molecule is CC(N)CCC(=O)N[C@H](C)c1ccc(F)cc1. The summed E-state index contributed by atoms with van der Waals surface area (Å²) in [6.07, 6.45) is 1.09. The third-order valence-electron chi connectivity index (χ3n) is 2.57. The van der Waals surface area contributed by atoms with E-state index >= 15 is 0 Å². The molecular weight excluding hydrogens is 219 g/mol. The Morgan fingerprint density at radius 2 is 1.94 bits per heavy atom. The molecule has 3 nitrogen and oxygen atoms in total. The predicted octanol–water partition coefficient (Wildman–Crippen LogP) is 2.13. The quantitative estimate of drug-likeness (QED) is 0.825. The molecule has 0 fully saturated rings. The van der Waals surface area contributed by atoms with Crippen molar-refractivity contribution < 1.29 is 9.18 Å². The van der Waals surface area contributed by atoms with Gasteiger partial charge in [0.15, 0.2) is 0 Å². The number of hydrogen-bond acceptors (Lipinski definition) is 2. The predicted molar refractivity (Wildman–Crippen MR) is 65.8 cm³/mol. The van der Waals surface area contributed by atoms with Crippen LogP contribution in [0.2, 0.25) is 0 Å². The lowest BCUT2D eigenvalue weighted by Crippen LogP contribution is -2.28. The summed E-state index contributed by atoms with van der Waals surface area (Å²) in [6, 6.07) is 6.04. The highest BCUT2D eigenvalue weighted by Gasteiger charge is 2.09. The Balaban J connectivity index is 2.46. The molecule has 0 aromatic heterocycles. The van der Waals surface area contributed by atoms with E-state index in [2.05, 4.69) is 5.32 Å². The van der Waals surface area contributed by atoms with Crippen molar-refractivity contribution in [1.29, 1.82) is 0 Å². The standard InChI is InChI=1S/C13H19FN2O/c1-9(15)3-8-13(17)16-10(2)11-4-6-12(14)7-5-11/h4-7,9-10H,3,8,15H2,1-2H3,(H,16,17)/t9?,10-/m1/s1. The van der Waals surface area contributed by atoms with Crippen molar-refractivity contribution in [1.82, 2.24) is 5.32 Å². The van der Waals surface area contributed by atoms with Crippen molar-refractivity contribution in [2.75, 3.05) is 0 Å². The van der Waals surface area contributed by atoms with Crippen LogP contribution in [0.25, 0.3) is 0 Å². The maximum Gasteiger partial charge on any atom is 0.220 e. The average molecular weight is 238 g/mol. The number of benzene rings is 1. The van der Waals surface area contributed by atoms with Gasteiger partial charge in [-0.15, -0.1) is 0 Å². The molecule has 1 rings (SSSR count). The fourth-order valence-electron chi connectivity index (χ4n) is 1.51. The highest BCUT2D eigenvalue weighted by molar-refractivity contribution is 5.76. The summed E-state index contributed by atoms with van der Waals surface area (Å²) in [4.78, 5) is 11.6. The number of hydrogen-bond donors (Lipinski definition) is 2. The first-order valence-corrected chi connectivity index (χ1v) is 5.79. The Morgan fingerprint density at radius 1 is 1.35 bits per heavy atom. The zero-order chi connectivity index (χ0) is 12.8. The number of amides is 1. The second-order valence-electron chi connectivity index (χ2n) is 4.36. The largest absolute Gasteiger partial charge is 0.350 e. The molecule has 0 heterocycles. The van der Waals surface area contributed by atoms with Gasteiger partial charge in [-0.2, -0.15) is 0 Å². The Kier molecular flexibility index (Phi) is 5.10. The Hall–Kier alpha value is -1.42. The summed E-state index contributed by atoms with van der Waals surface area (Å²) in [7, 11) is 0. The number of carbonyl (C=O) groups is 1. The Bertz CT molecular complexity index is 362. The monoisotopic (exact) mass is 238 g/mol. The Labute approximate surface area is 101 Å². The molecule has 1 unspecified atom stereocenters. The van der Waals surface area contributed by atoms with E-state index in [9.17, 15) is 9.18 Å². The zero-order valence-electron chi connectivity index (χ0n) is 10.2. The van der Waals surface area contributed by atoms with Gasteiger partial charge < -0.3 is 11.1 Å². The third-order valence-corrected chi connectivity index (χ3v) is 2.57. The molecule has 3 N–H and O–H groups in total. The molecule has 1 amide bonds. The van der Waals surface area contributed by atoms with Crippen molar-refractivity contribution >= 4 is 5.91 Å². The van der Waals surface area contributed by atoms with E-state index in [4.69, 9.17) is 5.73 Å². The molecular formula is C13H19FN2O. The molecule has 94 valence electrons. The van der Waals surface area contributed by atoms with Crippen molar-refractivity contribution in [3.63, 3.8) is 0 Å². The number of nitrogens with one attached hydrogen (secondary N) is 1. The summed E-state index contributed by atoms with van der Waals surface area (Å²) in [5.74, 6) is -0.302. The van der Waals surface area contributed by atoms with Crippen molar-refractivity contribution in [2.45, 2.75) is 38.8 Å². The fourth-order valence-corrected chi connectivity index (χ4v) is 1.51. The van der Waals surface area contributed by atoms with Crippen molar-refractivity contribution in [2.24, 2.45) is 5.73 Å². The molecule has 2 atom stereocenters. The summed E-state index contributed by atoms with van der Waals surface area (Å²) in [6.45, 7) is 3.74. The summed E-state index contributed by atoms with van der Waals surface area (Å²) in [5, 5.41) is 2.85. The first-order valence-electron chi connectivity index (χ1n) is 5.79. The summed E-state index contributed by atoms with van der Waals surface area (Å²) >= 11 is 0. The van der Waals surface area contributed by atoms with Gasteiger partial charge in [0.2, 0.25) is 5.91 Å². The van der Waals surface area contributed by atoms with Crippen LogP contribution >= 0.6 is 0 Å². The van der Waals surface area contributed by atoms with Crippen LogP contribution in [0.5, 0.6) is 0 Å². The molecule has 17 heavy (non-hydrogen) atoms. The lowest BCUT2D eigenvalue weighted by atomic mass is 10.1. The van der Waals surface area contributed by atoms with E-state index in [-0.39, 0.29) is 23.8 Å². The van der Waals surface area contributed by atoms with Gasteiger partial charge in [-0.3, -0.25) is 4.79 Å². The van der Waals surface area contributed by atoms with Gasteiger partial charge in [0.05, 0.1) is 6.04 Å². The van der Waals surface area contributed by atoms with Crippen LogP contribution in [0, 0.1) is 5.82 Å². The van der Waals surface area contributed by atoms with E-state index < -0.39 is 0 Å². The zero-order valence-corrected chi connectivity index (χ0v) is 10.2. The van der Waals surface area contributed by atoms with Crippen LogP contribution in [0.3, 0.4) is 0 Å². The lowest BCUT2D eigenvalue weighted by Gasteiger charge is -2.14. The second kappa shape index (κ2) is 6.35. The molecule has 0 spiro atoms. The van der Waals surface area contributed by atoms with Crippen LogP contribution in [-0.4, -0.2) is 11.9 Å². The lowest BCUT2D eigenvalue weighted by molar-refractivity contribution is -0.121. The molecule has 1 aromatic carbocycles. The van der Waals surface area contributed by atoms with Crippen LogP contribution in [0.1, 0.15) is 38.3 Å². The van der Waals surface area contributed by atoms with Gasteiger partial charge in [0, 0.05) is 12.5 Å². The van der Waals surface area contributed by atoms with Crippen LogP contribution in [0.15, 0.2) is 24.3 Å². The minimum Gasteiger partial charge on any atom is -0.350 e. The van der Waals surface area contributed by atoms with Crippen molar-refractivity contribution in [3.8, 4) is 0 Å². The number of carbonyl (C=O) groups excluding carboxylic acids is 1. The van der Waals surface area contributed by atoms with Gasteiger partial charge in [0.25, 0.3) is 0 Å². The molecule has 0 aliphatic heterocycles. The smallest absolute Gasteiger partial charge is 0.220 e. The van der Waals surface area contributed by atoms with Gasteiger partial charge in [-0.05, 0) is 38.0 Å². The molecule has 0 saturated heterocycles. The number of halogens is 1. The highest BCUT2D eigenvalue weighted by Crippen LogP contribution is 2.13. The molecule has 0 radical (unpaired) electrons. The number of nitrogens with two attached hydrogens (primary N) is 1. The first kappa shape index (κ1) is 13.6. The van der Waals surface area contributed by atoms with E-state index in [0.29, 0.717) is 12.8 Å². The molecule has 0 aliphatic rings. The molecule has 0 bridgehead atoms. The van der Waals surface area contributed by atoms with Crippen LogP contribution in [0.4, 0.5) is 4.39 Å². The normalized spacial score (nSPS) is 14.1. The van der Waals surface area contributed by atoms with E-state index in [1.54, 1.807) is 12.1 Å². The van der Waals surface area contributed by atoms with Crippen LogP contribution in [-0.2, 0) is 4.79 Å². The maximum absolute atomic E-state index is 12.7. The van der Waals surface area contributed by atoms with Crippen LogP contribution < -0.4 is 11.1 Å². The second-order valence-corrected chi connectivity index (χ2v) is 4.36. The van der Waals surface area contributed by atoms with E-state index in [1.165, 1.54) is 12.1 Å². The average Bonchev–Trinajstić information content (AvgIpc) is 2.27. The number of rotatable bonds is 5. The molecule has 0 aliphatic carbocycles. The molecule has 4 heteroatoms. The maximum atomic E-state index is 12.7. The topological polar surface area (TPSA) is 55.1 Å². The van der Waals surface area contributed by atoms with E-state index in [1.807, 2.05) is 13.8 Å². The first-order chi connectivity index (χ1) is 7.99. The van der Waals surface area contributed by atoms with Crippen molar-refractivity contribution in [3.05, 3.63) is 35.6 Å². The molecule has 0 saturated carbocycles. The van der Waals surface area contributed by atoms with E-state index in [0.717, 1.165) is 5.56 Å². The minimum atomic E-state index is -0.274. The Morgan fingerprint density at radius 3 is 2.47 bits per heavy atom. The van der Waals surface area contributed by atoms with Gasteiger partial charge in [-0.1, -0.05) is 12.1 Å². The summed E-state index contributed by atoms with van der Waals surface area (Å²) in [5.41, 5.74) is 6.47. The molecule has 1 aromatic rings. The van der Waals surface area contributed by atoms with Gasteiger partial charge >= 0.3 is 0 Å².